The number of esters is 6. The minimum absolute atomic E-state index is 0. The van der Waals surface area contributed by atoms with Crippen LogP contribution in [0.2, 0.25) is 0 Å². The first-order valence-corrected chi connectivity index (χ1v) is 21.4. The van der Waals surface area contributed by atoms with Crippen LogP contribution < -0.4 is 0 Å². The van der Waals surface area contributed by atoms with Gasteiger partial charge in [0.1, 0.15) is 0 Å². The maximum absolute atomic E-state index is 11.4. The van der Waals surface area contributed by atoms with Gasteiger partial charge in [-0.1, -0.05) is 34.6 Å². The van der Waals surface area contributed by atoms with Gasteiger partial charge in [0.2, 0.25) is 0 Å². The zero-order valence-corrected chi connectivity index (χ0v) is 41.2. The average molecular weight is 1070 g/mol. The molecule has 0 radical (unpaired) electrons. The van der Waals surface area contributed by atoms with Crippen molar-refractivity contribution in [2.75, 3.05) is 0 Å². The van der Waals surface area contributed by atoms with Gasteiger partial charge >= 0.3 is 95.5 Å². The number of rotatable bonds is 21. The van der Waals surface area contributed by atoms with Crippen LogP contribution in [0.15, 0.2) is 12.2 Å². The van der Waals surface area contributed by atoms with E-state index in [0.29, 0.717) is 6.42 Å². The first-order chi connectivity index (χ1) is 33.2. The highest BCUT2D eigenvalue weighted by molar-refractivity contribution is 6.05. The molecule has 0 aliphatic carbocycles. The monoisotopic (exact) mass is 1070 g/mol. The van der Waals surface area contributed by atoms with Crippen molar-refractivity contribution < 1.29 is 147 Å². The summed E-state index contributed by atoms with van der Waals surface area (Å²) in [4.78, 5) is 171. The molecule has 0 amide bonds. The molecule has 0 spiro atoms. The van der Waals surface area contributed by atoms with Gasteiger partial charge < -0.3 is 70.8 Å². The molecule has 9 unspecified atom stereocenters. The quantitative estimate of drug-likeness (QED) is 0.0436. The van der Waals surface area contributed by atoms with Crippen molar-refractivity contribution in [3.8, 4) is 0 Å². The van der Waals surface area contributed by atoms with Crippen LogP contribution in [-0.4, -0.2) is 152 Å². The smallest absolute Gasteiger partial charge is 0.338 e. The molecular weight excluding hydrogens is 1010 g/mol. The Morgan fingerprint density at radius 3 is 0.973 bits per heavy atom. The lowest BCUT2D eigenvalue weighted by Crippen LogP contribution is -2.38. The van der Waals surface area contributed by atoms with Crippen LogP contribution in [0.5, 0.6) is 0 Å². The van der Waals surface area contributed by atoms with Gasteiger partial charge in [0.05, 0.1) is 71.0 Å². The van der Waals surface area contributed by atoms with Gasteiger partial charge in [-0.3, -0.25) is 67.1 Å². The fourth-order valence-corrected chi connectivity index (χ4v) is 6.12. The molecule has 2 fully saturated rings. The number of aliphatic carboxylic acids is 10. The number of carbonyl (C=O) groups excluding carboxylic acids is 6. The summed E-state index contributed by atoms with van der Waals surface area (Å²) in [5, 5.41) is 86.7. The summed E-state index contributed by atoms with van der Waals surface area (Å²) in [5.74, 6) is -22.6. The van der Waals surface area contributed by atoms with E-state index in [-0.39, 0.29) is 24.7 Å². The SMILES string of the molecule is CC(C(=O)O)C(CC(C)(CC(=O)O)C(=O)O)C(=O)O.CC1C(=O)OC(=O)C1CC(C)(CC(=O)O)C(=O)O.CC1C(=O)OC(=O)C1CC(C)(CC(=O)O)C(=O)O.CCC(=O)O.CCCC(=O)O.O.O=C1C=CC(=O)O1. The van der Waals surface area contributed by atoms with E-state index in [1.54, 1.807) is 6.92 Å². The van der Waals surface area contributed by atoms with Crippen molar-refractivity contribution in [2.45, 2.75) is 113 Å². The van der Waals surface area contributed by atoms with E-state index in [2.05, 4.69) is 14.2 Å². The maximum atomic E-state index is 11.4. The molecule has 9 atom stereocenters. The zero-order chi connectivity index (χ0) is 58.1. The number of carboxylic acids is 10. The Bertz CT molecular complexity index is 2060. The first-order valence-electron chi connectivity index (χ1n) is 21.4. The summed E-state index contributed by atoms with van der Waals surface area (Å²) in [6.07, 6.45) is 0.358. The predicted octanol–water partition coefficient (Wildman–Crippen LogP) is 1.07. The highest BCUT2D eigenvalue weighted by atomic mass is 16.6. The Morgan fingerprint density at radius 2 is 0.811 bits per heavy atom. The van der Waals surface area contributed by atoms with E-state index in [0.717, 1.165) is 32.4 Å². The topological polar surface area (TPSA) is 535 Å². The number of carbonyl (C=O) groups is 16. The van der Waals surface area contributed by atoms with Crippen molar-refractivity contribution in [3.63, 3.8) is 0 Å². The first kappa shape index (κ1) is 72.4. The molecule has 0 bridgehead atoms. The van der Waals surface area contributed by atoms with E-state index >= 15 is 0 Å². The largest absolute Gasteiger partial charge is 0.481 e. The Labute approximate surface area is 419 Å². The maximum Gasteiger partial charge on any atom is 0.338 e. The Hall–Kier alpha value is -8.18. The van der Waals surface area contributed by atoms with Crippen LogP contribution in [-0.2, 0) is 90.9 Å². The third-order valence-corrected chi connectivity index (χ3v) is 10.8. The van der Waals surface area contributed by atoms with Crippen molar-refractivity contribution in [3.05, 3.63) is 12.2 Å². The van der Waals surface area contributed by atoms with E-state index < -0.39 is 173 Å². The Morgan fingerprint density at radius 1 is 0.500 bits per heavy atom. The number of hydrogen-bond acceptors (Lipinski definition) is 19. The van der Waals surface area contributed by atoms with E-state index in [9.17, 15) is 76.7 Å². The fraction of sp³-hybridized carbons (Fsp3) is 0.591. The average Bonchev–Trinajstić information content (AvgIpc) is 3.83. The summed E-state index contributed by atoms with van der Waals surface area (Å²) in [5.41, 5.74) is -5.04. The second kappa shape index (κ2) is 32.7. The van der Waals surface area contributed by atoms with Crippen LogP contribution in [0.3, 0.4) is 0 Å². The Balaban J connectivity index is -0.000000422. The number of hydrogen-bond donors (Lipinski definition) is 10. The molecule has 3 rings (SSSR count). The third kappa shape index (κ3) is 26.3. The molecule has 0 aromatic carbocycles. The zero-order valence-electron chi connectivity index (χ0n) is 41.2. The van der Waals surface area contributed by atoms with Gasteiger partial charge in [-0.2, -0.15) is 0 Å². The van der Waals surface area contributed by atoms with Crippen LogP contribution in [0.1, 0.15) is 113 Å². The number of cyclic esters (lactones) is 6. The van der Waals surface area contributed by atoms with Crippen LogP contribution in [0, 0.1) is 51.8 Å². The number of carboxylic acid groups (broad SMARTS) is 10. The van der Waals surface area contributed by atoms with E-state index in [1.165, 1.54) is 27.7 Å². The minimum atomic E-state index is -1.83. The van der Waals surface area contributed by atoms with Gasteiger partial charge in [0.25, 0.3) is 0 Å². The summed E-state index contributed by atoms with van der Waals surface area (Å²) < 4.78 is 12.8. The summed E-state index contributed by atoms with van der Waals surface area (Å²) >= 11 is 0. The number of ether oxygens (including phenoxy) is 3. The summed E-state index contributed by atoms with van der Waals surface area (Å²) in [6, 6.07) is 0. The van der Waals surface area contributed by atoms with Gasteiger partial charge in [-0.05, 0) is 46.5 Å². The molecule has 30 nitrogen and oxygen atoms in total. The van der Waals surface area contributed by atoms with Crippen molar-refractivity contribution >= 4 is 95.5 Å². The van der Waals surface area contributed by atoms with E-state index in [1.807, 2.05) is 6.92 Å². The predicted molar refractivity (Wildman–Crippen MR) is 238 cm³/mol. The molecule has 3 heterocycles. The molecular formula is C44H62O30. The summed E-state index contributed by atoms with van der Waals surface area (Å²) in [6.45, 7) is 11.1. The lowest BCUT2D eigenvalue weighted by molar-refractivity contribution is -0.161. The highest BCUT2D eigenvalue weighted by Gasteiger charge is 2.50. The van der Waals surface area contributed by atoms with Crippen LogP contribution in [0.25, 0.3) is 0 Å². The van der Waals surface area contributed by atoms with Gasteiger partial charge in [-0.15, -0.1) is 0 Å². The van der Waals surface area contributed by atoms with Crippen molar-refractivity contribution in [2.24, 2.45) is 51.8 Å². The highest BCUT2D eigenvalue weighted by Crippen LogP contribution is 2.39. The lowest BCUT2D eigenvalue weighted by Gasteiger charge is -2.27. The second-order valence-corrected chi connectivity index (χ2v) is 17.2. The van der Waals surface area contributed by atoms with Crippen LogP contribution >= 0.6 is 0 Å². The summed E-state index contributed by atoms with van der Waals surface area (Å²) in [7, 11) is 0. The van der Waals surface area contributed by atoms with E-state index in [4.69, 9.17) is 51.1 Å². The van der Waals surface area contributed by atoms with Crippen molar-refractivity contribution in [1.82, 2.24) is 0 Å². The van der Waals surface area contributed by atoms with Crippen LogP contribution in [0.4, 0.5) is 0 Å². The van der Waals surface area contributed by atoms with Gasteiger partial charge in [0, 0.05) is 25.0 Å². The van der Waals surface area contributed by atoms with Gasteiger partial charge in [0.15, 0.2) is 0 Å². The standard InChI is InChI=1S/C11H16O8.2C11H14O7.C4H2O3.C4H8O2.C3H6O2.H2O/c1-5(8(14)15)6(9(16)17)3-11(2,10(18)19)4-7(12)13;2*1-5-6(9(15)18-8(5)14)3-11(2,10(16)17)4-7(12)13;5-3-1-2-4(6)7-3;1-2-3-4(5)6;1-2-3(4)5;/h5-6H,3-4H2,1-2H3,(H,12,13)(H,14,15)(H,16,17)(H,18,19);2*5-6H,3-4H2,1-2H3,(H,12,13)(H,16,17);1-2H;2-3H2,1H3,(H,5,6);2H2,1H3,(H,4,5);1H2. The molecule has 3 aliphatic rings. The molecule has 30 heteroatoms. The van der Waals surface area contributed by atoms with Gasteiger partial charge in [-0.25, -0.2) is 9.59 Å². The molecule has 418 valence electrons. The normalized spacial score (nSPS) is 20.1. The fourth-order valence-electron chi connectivity index (χ4n) is 6.12. The Kier molecular flexibility index (Phi) is 32.0. The lowest BCUT2D eigenvalue weighted by atomic mass is 9.74. The molecule has 0 saturated carbocycles. The molecule has 0 aromatic heterocycles. The molecule has 0 aromatic rings. The third-order valence-electron chi connectivity index (χ3n) is 10.8. The second-order valence-electron chi connectivity index (χ2n) is 17.2. The minimum Gasteiger partial charge on any atom is -0.481 e. The molecule has 12 N–H and O–H groups in total. The molecule has 2 saturated heterocycles. The molecule has 3 aliphatic heterocycles. The van der Waals surface area contributed by atoms with Crippen molar-refractivity contribution in [1.29, 1.82) is 0 Å². The molecule has 74 heavy (non-hydrogen) atoms.